The third-order valence-corrected chi connectivity index (χ3v) is 14.6. The zero-order valence-corrected chi connectivity index (χ0v) is 38.5. The number of aromatic nitrogens is 8. The van der Waals surface area contributed by atoms with Crippen molar-refractivity contribution in [2.75, 3.05) is 86.6 Å². The molecule has 2 spiro atoms. The van der Waals surface area contributed by atoms with Gasteiger partial charge in [0.05, 0.1) is 13.1 Å². The van der Waals surface area contributed by atoms with Crippen LogP contribution in [0.3, 0.4) is 0 Å². The molecule has 12 rings (SSSR count). The largest absolute Gasteiger partial charge is 0.573 e. The molecule has 0 radical (unpaired) electrons. The Morgan fingerprint density at radius 1 is 0.671 bits per heavy atom. The van der Waals surface area contributed by atoms with Gasteiger partial charge in [-0.15, -0.1) is 56.9 Å². The van der Waals surface area contributed by atoms with Crippen LogP contribution < -0.4 is 50.0 Å². The van der Waals surface area contributed by atoms with E-state index in [0.717, 1.165) is 81.9 Å². The molecule has 2 aliphatic carbocycles. The SMILES string of the molecule is CN1CCOc2c1c(N1CCC3(CC1)CC(N)C3)nn1c(-c3cccc(OC(F)(F)F)c3)nnc21.CN1CCOc2c1c(NC1CC3(CCNCC3)C1)nn1c(-c3cccc(OC(F)(F)F)c3)nnc21. The van der Waals surface area contributed by atoms with Gasteiger partial charge < -0.3 is 50.0 Å². The summed E-state index contributed by atoms with van der Waals surface area (Å²) in [6, 6.07) is 11.9. The van der Waals surface area contributed by atoms with Gasteiger partial charge in [-0.2, -0.15) is 9.03 Å². The first-order chi connectivity index (χ1) is 33.5. The highest BCUT2D eigenvalue weighted by Gasteiger charge is 2.47. The molecule has 4 N–H and O–H groups in total. The van der Waals surface area contributed by atoms with Gasteiger partial charge in [0.25, 0.3) is 0 Å². The Morgan fingerprint density at radius 3 is 1.73 bits per heavy atom. The van der Waals surface area contributed by atoms with E-state index in [1.54, 1.807) is 16.6 Å². The van der Waals surface area contributed by atoms with Crippen LogP contribution in [-0.2, 0) is 0 Å². The highest BCUT2D eigenvalue weighted by atomic mass is 19.4. The predicted octanol–water partition coefficient (Wildman–Crippen LogP) is 6.69. The van der Waals surface area contributed by atoms with Crippen LogP contribution >= 0.6 is 0 Å². The van der Waals surface area contributed by atoms with Crippen LogP contribution in [-0.4, -0.2) is 131 Å². The van der Waals surface area contributed by atoms with E-state index < -0.39 is 12.7 Å². The molecule has 2 saturated carbocycles. The highest BCUT2D eigenvalue weighted by Crippen LogP contribution is 2.52. The summed E-state index contributed by atoms with van der Waals surface area (Å²) < 4.78 is 99.8. The number of halogens is 6. The summed E-state index contributed by atoms with van der Waals surface area (Å²) in [5.74, 6) is 2.52. The molecule has 0 bridgehead atoms. The second-order valence-corrected chi connectivity index (χ2v) is 19.4. The molecule has 4 fully saturated rings. The summed E-state index contributed by atoms with van der Waals surface area (Å²) >= 11 is 0. The fraction of sp³-hybridized carbons (Fsp3) is 0.522. The van der Waals surface area contributed by atoms with Crippen molar-refractivity contribution >= 4 is 34.3 Å². The van der Waals surface area contributed by atoms with Gasteiger partial charge in [0.15, 0.2) is 34.8 Å². The molecule has 0 atom stereocenters. The second-order valence-electron chi connectivity index (χ2n) is 19.4. The standard InChI is InChI=1S/2C23H26F3N7O2/c1-32-9-10-34-18-17(32)19(28-15-12-22(13-15)5-7-27-8-6-22)31-33-20(29-30-21(18)33)14-3-2-4-16(11-14)35-23(24,25)26;1-31-9-10-34-18-17(31)20(32-7-5-22(6-8-32)12-15(27)13-22)30-33-19(28-29-21(18)33)14-3-2-4-16(11-14)35-23(24,25)26/h2-4,11,15,27H,5-10,12-13H2,1H3,(H,28,31);2-4,11,15H,5-10,12-13,27H2,1H3. The van der Waals surface area contributed by atoms with E-state index in [0.29, 0.717) is 101 Å². The van der Waals surface area contributed by atoms with Gasteiger partial charge >= 0.3 is 12.7 Å². The predicted molar refractivity (Wildman–Crippen MR) is 246 cm³/mol. The number of likely N-dealkylation sites (N-methyl/N-ethyl adjacent to an activating group) is 2. The van der Waals surface area contributed by atoms with Crippen molar-refractivity contribution in [3.05, 3.63) is 48.5 Å². The van der Waals surface area contributed by atoms with E-state index in [9.17, 15) is 26.3 Å². The molecule has 6 aliphatic rings. The third kappa shape index (κ3) is 8.83. The van der Waals surface area contributed by atoms with E-state index >= 15 is 0 Å². The van der Waals surface area contributed by atoms with E-state index in [2.05, 4.69) is 55.2 Å². The average molecular weight is 979 g/mol. The molecule has 372 valence electrons. The Morgan fingerprint density at radius 2 is 1.19 bits per heavy atom. The van der Waals surface area contributed by atoms with Crippen LogP contribution in [0.5, 0.6) is 23.0 Å². The molecule has 18 nitrogen and oxygen atoms in total. The number of fused-ring (bicyclic) bond motifs is 6. The van der Waals surface area contributed by atoms with Crippen molar-refractivity contribution in [1.29, 1.82) is 0 Å². The maximum atomic E-state index is 12.8. The van der Waals surface area contributed by atoms with Gasteiger partial charge in [0.2, 0.25) is 11.3 Å². The Hall–Kier alpha value is -6.56. The molecule has 70 heavy (non-hydrogen) atoms. The lowest BCUT2D eigenvalue weighted by molar-refractivity contribution is -0.275. The molecular weight excluding hydrogens is 927 g/mol. The minimum absolute atomic E-state index is 0.293. The van der Waals surface area contributed by atoms with E-state index in [-0.39, 0.29) is 11.5 Å². The first kappa shape index (κ1) is 45.9. The summed E-state index contributed by atoms with van der Waals surface area (Å²) in [5.41, 5.74) is 10.1. The number of benzene rings is 2. The number of alkyl halides is 6. The average Bonchev–Trinajstić information content (AvgIpc) is 3.93. The number of piperidine rings is 2. The first-order valence-electron chi connectivity index (χ1n) is 23.5. The number of nitrogens with two attached hydrogens (primary N) is 1. The summed E-state index contributed by atoms with van der Waals surface area (Å²) in [7, 11) is 3.98. The van der Waals surface area contributed by atoms with Gasteiger partial charge in [0.1, 0.15) is 36.1 Å². The lowest BCUT2D eigenvalue weighted by Gasteiger charge is -2.51. The van der Waals surface area contributed by atoms with Gasteiger partial charge in [-0.25, -0.2) is 0 Å². The monoisotopic (exact) mass is 978 g/mol. The number of anilines is 4. The van der Waals surface area contributed by atoms with Crippen molar-refractivity contribution in [2.24, 2.45) is 16.6 Å². The molecule has 8 heterocycles. The van der Waals surface area contributed by atoms with Gasteiger partial charge in [-0.1, -0.05) is 24.3 Å². The number of ether oxygens (including phenoxy) is 4. The lowest BCUT2D eigenvalue weighted by Crippen LogP contribution is -2.52. The molecule has 4 aliphatic heterocycles. The van der Waals surface area contributed by atoms with Crippen molar-refractivity contribution in [1.82, 2.24) is 44.9 Å². The molecule has 0 unspecified atom stereocenters. The number of hydrogen-bond donors (Lipinski definition) is 3. The number of rotatable bonds is 7. The number of hydrogen-bond acceptors (Lipinski definition) is 16. The first-order valence-corrected chi connectivity index (χ1v) is 23.5. The van der Waals surface area contributed by atoms with Gasteiger partial charge in [-0.3, -0.25) is 0 Å². The molecule has 4 aromatic heterocycles. The Labute approximate surface area is 397 Å². The maximum absolute atomic E-state index is 12.8. The summed E-state index contributed by atoms with van der Waals surface area (Å²) in [6.45, 7) is 6.20. The maximum Gasteiger partial charge on any atom is 0.573 e. The molecular formula is C46H52F6N14O4. The molecule has 2 aromatic carbocycles. The topological polar surface area (TPSA) is 183 Å². The molecule has 24 heteroatoms. The summed E-state index contributed by atoms with van der Waals surface area (Å²) in [4.78, 5) is 6.45. The smallest absolute Gasteiger partial charge is 0.486 e. The van der Waals surface area contributed by atoms with Crippen LogP contribution in [0.4, 0.5) is 49.4 Å². The molecule has 2 saturated heterocycles. The van der Waals surface area contributed by atoms with Crippen LogP contribution in [0.15, 0.2) is 48.5 Å². The zero-order valence-electron chi connectivity index (χ0n) is 38.5. The quantitative estimate of drug-likeness (QED) is 0.144. The van der Waals surface area contributed by atoms with Crippen molar-refractivity contribution < 1.29 is 45.3 Å². The van der Waals surface area contributed by atoms with Gasteiger partial charge in [-0.05, 0) is 99.6 Å². The molecule has 6 aromatic rings. The van der Waals surface area contributed by atoms with E-state index in [4.69, 9.17) is 25.4 Å². The third-order valence-electron chi connectivity index (χ3n) is 14.6. The van der Waals surface area contributed by atoms with E-state index in [1.165, 1.54) is 53.8 Å². The van der Waals surface area contributed by atoms with Crippen LogP contribution in [0.1, 0.15) is 51.4 Å². The normalized spacial score (nSPS) is 20.7. The lowest BCUT2D eigenvalue weighted by atomic mass is 9.60. The van der Waals surface area contributed by atoms with Crippen molar-refractivity contribution in [3.63, 3.8) is 0 Å². The Bertz CT molecular complexity index is 2890. The van der Waals surface area contributed by atoms with Crippen LogP contribution in [0.25, 0.3) is 34.1 Å². The minimum Gasteiger partial charge on any atom is -0.486 e. The van der Waals surface area contributed by atoms with Crippen LogP contribution in [0.2, 0.25) is 0 Å². The summed E-state index contributed by atoms with van der Waals surface area (Å²) in [6.07, 6.45) is -0.802. The number of nitrogens with one attached hydrogen (secondary N) is 2. The second kappa shape index (κ2) is 17.4. The minimum atomic E-state index is -4.79. The zero-order chi connectivity index (χ0) is 48.6. The van der Waals surface area contributed by atoms with Gasteiger partial charge in [0, 0.05) is 50.4 Å². The van der Waals surface area contributed by atoms with Crippen molar-refractivity contribution in [3.8, 4) is 45.8 Å². The molecule has 0 amide bonds. The Balaban J connectivity index is 0.000000152. The van der Waals surface area contributed by atoms with E-state index in [1.807, 2.05) is 14.1 Å². The summed E-state index contributed by atoms with van der Waals surface area (Å²) in [5, 5.41) is 33.8. The fourth-order valence-corrected chi connectivity index (χ4v) is 11.1. The van der Waals surface area contributed by atoms with Crippen LogP contribution in [0, 0.1) is 10.8 Å². The fourth-order valence-electron chi connectivity index (χ4n) is 11.1. The Kier molecular flexibility index (Phi) is 11.4. The highest BCUT2D eigenvalue weighted by molar-refractivity contribution is 5.84. The van der Waals surface area contributed by atoms with Crippen molar-refractivity contribution in [2.45, 2.75) is 76.2 Å². The number of nitrogens with zero attached hydrogens (tertiary/aromatic N) is 11.